The highest BCUT2D eigenvalue weighted by molar-refractivity contribution is 7.90. The molecule has 1 amide bonds. The summed E-state index contributed by atoms with van der Waals surface area (Å²) in [6.07, 6.45) is 1.19. The van der Waals surface area contributed by atoms with Gasteiger partial charge in [0.25, 0.3) is 5.91 Å². The fourth-order valence-corrected chi connectivity index (χ4v) is 4.29. The molecule has 0 aromatic heterocycles. The summed E-state index contributed by atoms with van der Waals surface area (Å²) in [4.78, 5) is 13.1. The quantitative estimate of drug-likeness (QED) is 0.802. The minimum atomic E-state index is -3.23. The number of methoxy groups -OCH3 is 2. The van der Waals surface area contributed by atoms with Gasteiger partial charge in [-0.25, -0.2) is 8.42 Å². The summed E-state index contributed by atoms with van der Waals surface area (Å²) >= 11 is 0. The molecule has 2 aromatic carbocycles. The zero-order valence-electron chi connectivity index (χ0n) is 16.6. The highest BCUT2D eigenvalue weighted by Gasteiger charge is 2.59. The van der Waals surface area contributed by atoms with Crippen molar-refractivity contribution in [3.05, 3.63) is 53.6 Å². The Kier molecular flexibility index (Phi) is 5.14. The molecule has 0 bridgehead atoms. The molecule has 0 heterocycles. The summed E-state index contributed by atoms with van der Waals surface area (Å²) in [5.74, 6) is 0.954. The molecule has 0 spiro atoms. The third-order valence-corrected chi connectivity index (χ3v) is 6.56. The lowest BCUT2D eigenvalue weighted by Crippen LogP contribution is -2.29. The van der Waals surface area contributed by atoms with E-state index in [-0.39, 0.29) is 23.3 Å². The third-order valence-electron chi connectivity index (χ3n) is 5.43. The Bertz CT molecular complexity index is 996. The van der Waals surface area contributed by atoms with Crippen molar-refractivity contribution in [1.29, 1.82) is 0 Å². The molecule has 150 valence electrons. The second-order valence-corrected chi connectivity index (χ2v) is 9.67. The lowest BCUT2D eigenvalue weighted by molar-refractivity contribution is 0.0943. The van der Waals surface area contributed by atoms with Crippen LogP contribution in [0.3, 0.4) is 0 Å². The van der Waals surface area contributed by atoms with Crippen molar-refractivity contribution in [2.24, 2.45) is 5.41 Å². The monoisotopic (exact) mass is 403 g/mol. The number of sulfone groups is 1. The van der Waals surface area contributed by atoms with Crippen LogP contribution in [-0.4, -0.2) is 40.8 Å². The molecular formula is C21H25NO5S. The molecule has 7 heteroatoms. The van der Waals surface area contributed by atoms with Crippen molar-refractivity contribution in [1.82, 2.24) is 5.32 Å². The maximum Gasteiger partial charge on any atom is 0.255 e. The Morgan fingerprint density at radius 1 is 1.04 bits per heavy atom. The van der Waals surface area contributed by atoms with Crippen LogP contribution in [0.15, 0.2) is 47.4 Å². The van der Waals surface area contributed by atoms with Gasteiger partial charge in [0.1, 0.15) is 11.5 Å². The van der Waals surface area contributed by atoms with Crippen LogP contribution in [-0.2, 0) is 9.84 Å². The molecular weight excluding hydrogens is 378 g/mol. The van der Waals surface area contributed by atoms with Crippen molar-refractivity contribution in [3.8, 4) is 11.5 Å². The Hall–Kier alpha value is -2.54. The van der Waals surface area contributed by atoms with Gasteiger partial charge in [-0.05, 0) is 35.2 Å². The molecule has 1 aliphatic carbocycles. The summed E-state index contributed by atoms with van der Waals surface area (Å²) in [6, 6.07) is 11.9. The average Bonchev–Trinajstić information content (AvgIpc) is 3.20. The fraction of sp³-hybridized carbons (Fsp3) is 0.381. The Balaban J connectivity index is 1.79. The number of ether oxygens (including phenoxy) is 2. The summed E-state index contributed by atoms with van der Waals surface area (Å²) in [7, 11) is -0.160. The molecule has 0 radical (unpaired) electrons. The molecule has 3 rings (SSSR count). The zero-order valence-corrected chi connectivity index (χ0v) is 17.5. The molecule has 6 nitrogen and oxygen atoms in total. The van der Waals surface area contributed by atoms with Gasteiger partial charge in [-0.3, -0.25) is 4.79 Å². The first-order chi connectivity index (χ1) is 13.1. The SMILES string of the molecule is COc1ccc(C(=O)N[C@@H]2[C@@H](c3ccc(S(C)(=O)=O)cc3)C2(C)C)c(OC)c1. The van der Waals surface area contributed by atoms with Crippen LogP contribution in [0, 0.1) is 5.41 Å². The fourth-order valence-electron chi connectivity index (χ4n) is 3.66. The summed E-state index contributed by atoms with van der Waals surface area (Å²) in [6.45, 7) is 4.16. The number of benzene rings is 2. The van der Waals surface area contributed by atoms with Gasteiger partial charge in [0.05, 0.1) is 24.7 Å². The number of nitrogens with one attached hydrogen (secondary N) is 1. The maximum atomic E-state index is 12.8. The van der Waals surface area contributed by atoms with E-state index in [1.165, 1.54) is 13.4 Å². The Labute approximate surface area is 165 Å². The third kappa shape index (κ3) is 3.71. The number of hydrogen-bond acceptors (Lipinski definition) is 5. The summed E-state index contributed by atoms with van der Waals surface area (Å²) < 4.78 is 33.8. The zero-order chi connectivity index (χ0) is 20.7. The number of carbonyl (C=O) groups is 1. The Morgan fingerprint density at radius 3 is 2.21 bits per heavy atom. The number of amides is 1. The number of hydrogen-bond donors (Lipinski definition) is 1. The predicted octanol–water partition coefficient (Wildman–Crippen LogP) is 3.03. The molecule has 1 fully saturated rings. The first kappa shape index (κ1) is 20.2. The van der Waals surface area contributed by atoms with Crippen LogP contribution in [0.1, 0.15) is 35.7 Å². The van der Waals surface area contributed by atoms with Crippen LogP contribution >= 0.6 is 0 Å². The first-order valence-corrected chi connectivity index (χ1v) is 10.8. The summed E-state index contributed by atoms with van der Waals surface area (Å²) in [5, 5.41) is 3.09. The van der Waals surface area contributed by atoms with Crippen LogP contribution < -0.4 is 14.8 Å². The van der Waals surface area contributed by atoms with Crippen molar-refractivity contribution >= 4 is 15.7 Å². The molecule has 2 aromatic rings. The number of rotatable bonds is 6. The lowest BCUT2D eigenvalue weighted by atomic mass is 10.0. The smallest absolute Gasteiger partial charge is 0.255 e. The van der Waals surface area contributed by atoms with Crippen LogP contribution in [0.5, 0.6) is 11.5 Å². The molecule has 0 unspecified atom stereocenters. The van der Waals surface area contributed by atoms with Crippen molar-refractivity contribution in [2.75, 3.05) is 20.5 Å². The molecule has 2 atom stereocenters. The average molecular weight is 404 g/mol. The van der Waals surface area contributed by atoms with Crippen LogP contribution in [0.2, 0.25) is 0 Å². The minimum Gasteiger partial charge on any atom is -0.497 e. The number of carbonyl (C=O) groups excluding carboxylic acids is 1. The standard InChI is InChI=1S/C21H25NO5S/c1-21(2)18(13-6-9-15(10-7-13)28(5,24)25)19(21)22-20(23)16-11-8-14(26-3)12-17(16)27-4/h6-12,18-19H,1-5H3,(H,22,23)/t18-,19-/m1/s1. The van der Waals surface area contributed by atoms with E-state index in [4.69, 9.17) is 9.47 Å². The van der Waals surface area contributed by atoms with Gasteiger partial charge in [-0.1, -0.05) is 26.0 Å². The largest absolute Gasteiger partial charge is 0.497 e. The van der Waals surface area contributed by atoms with Gasteiger partial charge in [-0.2, -0.15) is 0 Å². The van der Waals surface area contributed by atoms with E-state index >= 15 is 0 Å². The molecule has 1 N–H and O–H groups in total. The second kappa shape index (κ2) is 7.13. The van der Waals surface area contributed by atoms with Gasteiger partial charge in [0, 0.05) is 24.3 Å². The van der Waals surface area contributed by atoms with Gasteiger partial charge in [0.15, 0.2) is 9.84 Å². The molecule has 1 aliphatic rings. The van der Waals surface area contributed by atoms with E-state index in [0.29, 0.717) is 22.0 Å². The van der Waals surface area contributed by atoms with E-state index in [1.807, 2.05) is 12.1 Å². The van der Waals surface area contributed by atoms with Gasteiger partial charge in [0.2, 0.25) is 0 Å². The predicted molar refractivity (Wildman–Crippen MR) is 107 cm³/mol. The van der Waals surface area contributed by atoms with Gasteiger partial charge >= 0.3 is 0 Å². The van der Waals surface area contributed by atoms with Gasteiger partial charge < -0.3 is 14.8 Å². The topological polar surface area (TPSA) is 81.7 Å². The first-order valence-electron chi connectivity index (χ1n) is 8.92. The van der Waals surface area contributed by atoms with Crippen molar-refractivity contribution < 1.29 is 22.7 Å². The lowest BCUT2D eigenvalue weighted by Gasteiger charge is -2.11. The molecule has 0 aliphatic heterocycles. The molecule has 1 saturated carbocycles. The Morgan fingerprint density at radius 2 is 1.68 bits per heavy atom. The van der Waals surface area contributed by atoms with Crippen molar-refractivity contribution in [3.63, 3.8) is 0 Å². The highest BCUT2D eigenvalue weighted by Crippen LogP contribution is 2.58. The van der Waals surface area contributed by atoms with Crippen LogP contribution in [0.25, 0.3) is 0 Å². The minimum absolute atomic E-state index is 0.0594. The maximum absolute atomic E-state index is 12.8. The second-order valence-electron chi connectivity index (χ2n) is 7.66. The van der Waals surface area contributed by atoms with Crippen molar-refractivity contribution in [2.45, 2.75) is 30.7 Å². The van der Waals surface area contributed by atoms with E-state index in [2.05, 4.69) is 19.2 Å². The molecule has 28 heavy (non-hydrogen) atoms. The van der Waals surface area contributed by atoms with E-state index in [0.717, 1.165) is 5.56 Å². The van der Waals surface area contributed by atoms with Crippen LogP contribution in [0.4, 0.5) is 0 Å². The highest BCUT2D eigenvalue weighted by atomic mass is 32.2. The summed E-state index contributed by atoms with van der Waals surface area (Å²) in [5.41, 5.74) is 1.31. The van der Waals surface area contributed by atoms with E-state index in [9.17, 15) is 13.2 Å². The van der Waals surface area contributed by atoms with E-state index < -0.39 is 9.84 Å². The van der Waals surface area contributed by atoms with Gasteiger partial charge in [-0.15, -0.1) is 0 Å². The van der Waals surface area contributed by atoms with E-state index in [1.54, 1.807) is 37.4 Å². The molecule has 0 saturated heterocycles. The normalized spacial score (nSPS) is 20.3.